The first-order chi connectivity index (χ1) is 9.49. The van der Waals surface area contributed by atoms with E-state index in [2.05, 4.69) is 5.32 Å². The molecule has 108 valence electrons. The van der Waals surface area contributed by atoms with Crippen molar-refractivity contribution in [1.82, 2.24) is 5.32 Å². The summed E-state index contributed by atoms with van der Waals surface area (Å²) in [5.41, 5.74) is -0.296. The minimum atomic E-state index is -0.954. The molecule has 4 nitrogen and oxygen atoms in total. The molecule has 1 aromatic rings. The lowest BCUT2D eigenvalue weighted by molar-refractivity contribution is -0.142. The lowest BCUT2D eigenvalue weighted by Gasteiger charge is -2.17. The van der Waals surface area contributed by atoms with Crippen LogP contribution in [0.4, 0.5) is 8.78 Å². The molecule has 0 unspecified atom stereocenters. The zero-order valence-electron chi connectivity index (χ0n) is 10.7. The summed E-state index contributed by atoms with van der Waals surface area (Å²) in [4.78, 5) is 22.8. The normalized spacial score (nSPS) is 21.7. The second kappa shape index (κ2) is 5.98. The van der Waals surface area contributed by atoms with E-state index < -0.39 is 41.9 Å². The van der Waals surface area contributed by atoms with Gasteiger partial charge in [0.1, 0.15) is 11.6 Å². The van der Waals surface area contributed by atoms with Crippen molar-refractivity contribution in [3.05, 3.63) is 35.4 Å². The van der Waals surface area contributed by atoms with Gasteiger partial charge in [-0.05, 0) is 25.0 Å². The van der Waals surface area contributed by atoms with E-state index in [1.165, 1.54) is 6.07 Å². The molecule has 2 rings (SSSR count). The quantitative estimate of drug-likeness (QED) is 0.886. The van der Waals surface area contributed by atoms with Gasteiger partial charge in [-0.15, -0.1) is 0 Å². The third-order valence-corrected chi connectivity index (χ3v) is 3.58. The zero-order valence-corrected chi connectivity index (χ0v) is 10.7. The summed E-state index contributed by atoms with van der Waals surface area (Å²) in [7, 11) is 0. The number of carbonyl (C=O) groups excluding carboxylic acids is 1. The van der Waals surface area contributed by atoms with Crippen LogP contribution in [0.1, 0.15) is 24.8 Å². The molecule has 0 aliphatic heterocycles. The Morgan fingerprint density at radius 3 is 2.50 bits per heavy atom. The summed E-state index contributed by atoms with van der Waals surface area (Å²) in [6, 6.07) is 2.93. The first-order valence-corrected chi connectivity index (χ1v) is 6.44. The Kier molecular flexibility index (Phi) is 4.32. The monoisotopic (exact) mass is 283 g/mol. The van der Waals surface area contributed by atoms with Gasteiger partial charge in [0.2, 0.25) is 5.91 Å². The molecule has 6 heteroatoms. The van der Waals surface area contributed by atoms with E-state index in [0.29, 0.717) is 12.8 Å². The zero-order chi connectivity index (χ0) is 14.7. The van der Waals surface area contributed by atoms with E-state index in [4.69, 9.17) is 5.11 Å². The Morgan fingerprint density at radius 1 is 1.25 bits per heavy atom. The van der Waals surface area contributed by atoms with Gasteiger partial charge in [0.05, 0.1) is 12.3 Å². The van der Waals surface area contributed by atoms with Gasteiger partial charge in [-0.1, -0.05) is 12.5 Å². The van der Waals surface area contributed by atoms with E-state index in [-0.39, 0.29) is 5.56 Å². The van der Waals surface area contributed by atoms with Gasteiger partial charge in [-0.25, -0.2) is 8.78 Å². The Labute approximate surface area is 114 Å². The number of amides is 1. The molecule has 2 N–H and O–H groups in total. The second-order valence-electron chi connectivity index (χ2n) is 4.93. The van der Waals surface area contributed by atoms with Gasteiger partial charge in [-0.3, -0.25) is 9.59 Å². The smallest absolute Gasteiger partial charge is 0.308 e. The van der Waals surface area contributed by atoms with Crippen LogP contribution < -0.4 is 5.32 Å². The molecule has 1 aliphatic rings. The van der Waals surface area contributed by atoms with Crippen LogP contribution in [0.3, 0.4) is 0 Å². The predicted octanol–water partition coefficient (Wildman–Crippen LogP) is 1.88. The number of carbonyl (C=O) groups is 2. The van der Waals surface area contributed by atoms with E-state index >= 15 is 0 Å². The number of hydrogen-bond donors (Lipinski definition) is 2. The van der Waals surface area contributed by atoms with Crippen LogP contribution in [0.15, 0.2) is 18.2 Å². The molecule has 1 amide bonds. The number of rotatable bonds is 4. The molecule has 0 aromatic heterocycles. The molecule has 1 aliphatic carbocycles. The molecule has 0 bridgehead atoms. The Bertz CT molecular complexity index is 513. The summed E-state index contributed by atoms with van der Waals surface area (Å²) in [5, 5.41) is 11.6. The summed E-state index contributed by atoms with van der Waals surface area (Å²) >= 11 is 0. The first-order valence-electron chi connectivity index (χ1n) is 6.44. The highest BCUT2D eigenvalue weighted by atomic mass is 19.1. The van der Waals surface area contributed by atoms with Crippen LogP contribution in [0.2, 0.25) is 0 Å². The number of nitrogens with one attached hydrogen (secondary N) is 1. The van der Waals surface area contributed by atoms with Gasteiger partial charge in [0, 0.05) is 11.6 Å². The predicted molar refractivity (Wildman–Crippen MR) is 67.0 cm³/mol. The lowest BCUT2D eigenvalue weighted by Crippen LogP contribution is -2.41. The number of carboxylic acid groups (broad SMARTS) is 1. The largest absolute Gasteiger partial charge is 0.481 e. The number of halogens is 2. The van der Waals surface area contributed by atoms with E-state index in [0.717, 1.165) is 18.6 Å². The van der Waals surface area contributed by atoms with Crippen molar-refractivity contribution < 1.29 is 23.5 Å². The van der Waals surface area contributed by atoms with Crippen LogP contribution in [-0.2, 0) is 16.0 Å². The molecule has 20 heavy (non-hydrogen) atoms. The minimum Gasteiger partial charge on any atom is -0.481 e. The van der Waals surface area contributed by atoms with Crippen molar-refractivity contribution in [3.63, 3.8) is 0 Å². The highest BCUT2D eigenvalue weighted by molar-refractivity contribution is 5.80. The van der Waals surface area contributed by atoms with Crippen molar-refractivity contribution in [2.75, 3.05) is 0 Å². The molecular formula is C14H15F2NO3. The van der Waals surface area contributed by atoms with Crippen molar-refractivity contribution >= 4 is 11.9 Å². The van der Waals surface area contributed by atoms with E-state index in [1.54, 1.807) is 0 Å². The fourth-order valence-electron chi connectivity index (χ4n) is 2.55. The van der Waals surface area contributed by atoms with Crippen molar-refractivity contribution in [2.45, 2.75) is 31.7 Å². The number of hydrogen-bond acceptors (Lipinski definition) is 2. The number of benzene rings is 1. The van der Waals surface area contributed by atoms with Gasteiger partial charge < -0.3 is 10.4 Å². The highest BCUT2D eigenvalue weighted by Gasteiger charge is 2.33. The fraction of sp³-hybridized carbons (Fsp3) is 0.429. The number of aliphatic carboxylic acids is 1. The minimum absolute atomic E-state index is 0.296. The molecule has 1 fully saturated rings. The molecule has 0 saturated heterocycles. The molecule has 1 aromatic carbocycles. The highest BCUT2D eigenvalue weighted by Crippen LogP contribution is 2.26. The van der Waals surface area contributed by atoms with Crippen molar-refractivity contribution in [3.8, 4) is 0 Å². The Balaban J connectivity index is 2.01. The lowest BCUT2D eigenvalue weighted by atomic mass is 10.0. The summed E-state index contributed by atoms with van der Waals surface area (Å²) in [6.07, 6.45) is 1.37. The van der Waals surface area contributed by atoms with Crippen LogP contribution in [0, 0.1) is 17.6 Å². The molecule has 2 atom stereocenters. The maximum atomic E-state index is 13.4. The molecule has 1 saturated carbocycles. The molecule has 0 radical (unpaired) electrons. The van der Waals surface area contributed by atoms with Crippen LogP contribution in [0.5, 0.6) is 0 Å². The van der Waals surface area contributed by atoms with Crippen LogP contribution in [-0.4, -0.2) is 23.0 Å². The maximum absolute atomic E-state index is 13.4. The van der Waals surface area contributed by atoms with Gasteiger partial charge in [-0.2, -0.15) is 0 Å². The van der Waals surface area contributed by atoms with Crippen LogP contribution >= 0.6 is 0 Å². The average molecular weight is 283 g/mol. The first kappa shape index (κ1) is 14.4. The van der Waals surface area contributed by atoms with Crippen molar-refractivity contribution in [1.29, 1.82) is 0 Å². The Morgan fingerprint density at radius 2 is 1.90 bits per heavy atom. The average Bonchev–Trinajstić information content (AvgIpc) is 2.82. The topological polar surface area (TPSA) is 66.4 Å². The third-order valence-electron chi connectivity index (χ3n) is 3.58. The third kappa shape index (κ3) is 3.12. The standard InChI is InChI=1S/C14H15F2NO3/c15-10-4-2-5-11(16)9(10)7-13(18)17-12-6-1-3-8(12)14(19)20/h2,4-5,8,12H,1,3,6-7H2,(H,17,18)(H,19,20)/t8-,12-/m0/s1. The van der Waals surface area contributed by atoms with E-state index in [9.17, 15) is 18.4 Å². The molecule has 0 spiro atoms. The van der Waals surface area contributed by atoms with Crippen molar-refractivity contribution in [2.24, 2.45) is 5.92 Å². The maximum Gasteiger partial charge on any atom is 0.308 e. The van der Waals surface area contributed by atoms with E-state index in [1.807, 2.05) is 0 Å². The number of carboxylic acids is 1. The second-order valence-corrected chi connectivity index (χ2v) is 4.93. The van der Waals surface area contributed by atoms with Gasteiger partial charge >= 0.3 is 5.97 Å². The molecular weight excluding hydrogens is 268 g/mol. The summed E-state index contributed by atoms with van der Waals surface area (Å²) < 4.78 is 26.8. The van der Waals surface area contributed by atoms with Crippen LogP contribution in [0.25, 0.3) is 0 Å². The Hall–Kier alpha value is -1.98. The van der Waals surface area contributed by atoms with Gasteiger partial charge in [0.15, 0.2) is 0 Å². The fourth-order valence-corrected chi connectivity index (χ4v) is 2.55. The van der Waals surface area contributed by atoms with Gasteiger partial charge in [0.25, 0.3) is 0 Å². The summed E-state index contributed by atoms with van der Waals surface area (Å²) in [5.74, 6) is -3.69. The molecule has 0 heterocycles. The summed E-state index contributed by atoms with van der Waals surface area (Å²) in [6.45, 7) is 0. The SMILES string of the molecule is O=C(Cc1c(F)cccc1F)N[C@H]1CCC[C@@H]1C(=O)O.